The first kappa shape index (κ1) is 24.6. The van der Waals surface area contributed by atoms with Crippen LogP contribution in [0.3, 0.4) is 0 Å². The molecule has 2 N–H and O–H groups in total. The molecule has 2 aliphatic heterocycles. The van der Waals surface area contributed by atoms with Gasteiger partial charge in [-0.1, -0.05) is 19.3 Å². The number of hydrogen-bond donors (Lipinski definition) is 2. The van der Waals surface area contributed by atoms with Crippen LogP contribution in [0.5, 0.6) is 0 Å². The van der Waals surface area contributed by atoms with Gasteiger partial charge >= 0.3 is 6.09 Å². The van der Waals surface area contributed by atoms with Crippen LogP contribution in [0.4, 0.5) is 4.79 Å². The van der Waals surface area contributed by atoms with Crippen molar-refractivity contribution in [3.63, 3.8) is 0 Å². The Bertz CT molecular complexity index is 668. The number of carbonyl (C=O) groups is 2. The van der Waals surface area contributed by atoms with Crippen molar-refractivity contribution in [1.29, 1.82) is 0 Å². The highest BCUT2D eigenvalue weighted by Crippen LogP contribution is 2.36. The van der Waals surface area contributed by atoms with Crippen molar-refractivity contribution < 1.29 is 14.3 Å². The summed E-state index contributed by atoms with van der Waals surface area (Å²) in [5, 5.41) is 7.10. The topological polar surface area (TPSA) is 86.3 Å². The first-order valence-electron chi connectivity index (χ1n) is 12.4. The molecule has 1 saturated carbocycles. The van der Waals surface area contributed by atoms with Gasteiger partial charge in [-0.05, 0) is 65.2 Å². The van der Waals surface area contributed by atoms with Gasteiger partial charge in [0.25, 0.3) is 0 Å². The Balaban J connectivity index is 1.60. The lowest BCUT2D eigenvalue weighted by molar-refractivity contribution is -0.127. The Kier molecular flexibility index (Phi) is 8.28. The number of rotatable bonds is 5. The smallest absolute Gasteiger partial charge is 0.410 e. The van der Waals surface area contributed by atoms with E-state index in [1.807, 2.05) is 25.7 Å². The highest BCUT2D eigenvalue weighted by Gasteiger charge is 2.45. The second-order valence-electron chi connectivity index (χ2n) is 10.9. The number of guanidine groups is 1. The summed E-state index contributed by atoms with van der Waals surface area (Å²) < 4.78 is 5.66. The molecule has 0 aromatic rings. The maximum absolute atomic E-state index is 12.7. The number of fused-ring (bicyclic) bond motifs is 2. The van der Waals surface area contributed by atoms with Crippen LogP contribution in [0.2, 0.25) is 0 Å². The van der Waals surface area contributed by atoms with E-state index in [4.69, 9.17) is 4.74 Å². The molecule has 2 atom stereocenters. The zero-order valence-electron chi connectivity index (χ0n) is 20.7. The van der Waals surface area contributed by atoms with Crippen LogP contribution in [0.25, 0.3) is 0 Å². The number of amides is 2. The van der Waals surface area contributed by atoms with Gasteiger partial charge in [0, 0.05) is 38.8 Å². The number of ether oxygens (including phenoxy) is 1. The first-order valence-corrected chi connectivity index (χ1v) is 12.4. The van der Waals surface area contributed by atoms with Gasteiger partial charge in [0.05, 0.1) is 0 Å². The molecule has 2 saturated heterocycles. The quantitative estimate of drug-likeness (QED) is 0.497. The molecular weight excluding hydrogens is 406 g/mol. The molecule has 0 radical (unpaired) electrons. The molecule has 3 aliphatic rings. The van der Waals surface area contributed by atoms with E-state index < -0.39 is 5.60 Å². The van der Waals surface area contributed by atoms with Gasteiger partial charge in [-0.2, -0.15) is 0 Å². The summed E-state index contributed by atoms with van der Waals surface area (Å²) in [5.74, 6) is 1.38. The Labute approximate surface area is 193 Å². The molecule has 3 fully saturated rings. The van der Waals surface area contributed by atoms with E-state index in [9.17, 15) is 9.59 Å². The fourth-order valence-corrected chi connectivity index (χ4v) is 5.17. The Morgan fingerprint density at radius 3 is 2.22 bits per heavy atom. The average Bonchev–Trinajstić information content (AvgIpc) is 3.00. The predicted octanol–water partition coefficient (Wildman–Crippen LogP) is 3.12. The minimum Gasteiger partial charge on any atom is -0.444 e. The van der Waals surface area contributed by atoms with E-state index in [-0.39, 0.29) is 36.7 Å². The predicted molar refractivity (Wildman–Crippen MR) is 127 cm³/mol. The molecule has 2 bridgehead atoms. The molecule has 0 spiro atoms. The largest absolute Gasteiger partial charge is 0.444 e. The molecule has 0 aromatic carbocycles. The molecule has 2 amide bonds. The highest BCUT2D eigenvalue weighted by atomic mass is 16.6. The van der Waals surface area contributed by atoms with Crippen LogP contribution in [0, 0.1) is 5.92 Å². The van der Waals surface area contributed by atoms with Gasteiger partial charge in [-0.25, -0.2) is 9.79 Å². The lowest BCUT2D eigenvalue weighted by Gasteiger charge is -2.40. The normalized spacial score (nSPS) is 26.6. The van der Waals surface area contributed by atoms with Crippen LogP contribution in [-0.2, 0) is 9.53 Å². The van der Waals surface area contributed by atoms with Gasteiger partial charge in [0.1, 0.15) is 12.1 Å². The van der Waals surface area contributed by atoms with Crippen LogP contribution in [-0.4, -0.2) is 78.7 Å². The van der Waals surface area contributed by atoms with Crippen LogP contribution < -0.4 is 10.6 Å². The van der Waals surface area contributed by atoms with Crippen molar-refractivity contribution in [2.75, 3.05) is 27.2 Å². The van der Waals surface area contributed by atoms with E-state index in [2.05, 4.69) is 15.6 Å². The van der Waals surface area contributed by atoms with E-state index in [0.29, 0.717) is 5.92 Å². The van der Waals surface area contributed by atoms with Crippen molar-refractivity contribution in [3.05, 3.63) is 0 Å². The minimum absolute atomic E-state index is 0.0106. The molecule has 2 heterocycles. The summed E-state index contributed by atoms with van der Waals surface area (Å²) in [6.45, 7) is 6.77. The number of carbonyl (C=O) groups excluding carboxylic acids is 2. The SMILES string of the molecule is CN(C)C(=O)CN=C(NCC1CCCCC1)NC1CC2CCC(C1)N2C(=O)OC(C)(C)C. The Morgan fingerprint density at radius 2 is 1.66 bits per heavy atom. The number of nitrogens with one attached hydrogen (secondary N) is 2. The van der Waals surface area contributed by atoms with E-state index in [0.717, 1.165) is 38.2 Å². The molecule has 3 rings (SSSR count). The van der Waals surface area contributed by atoms with Gasteiger partial charge in [-0.3, -0.25) is 4.79 Å². The van der Waals surface area contributed by atoms with Gasteiger partial charge in [0.15, 0.2) is 5.96 Å². The van der Waals surface area contributed by atoms with Crippen LogP contribution in [0.1, 0.15) is 78.6 Å². The summed E-state index contributed by atoms with van der Waals surface area (Å²) in [6.07, 6.45) is 10.1. The van der Waals surface area contributed by atoms with Crippen molar-refractivity contribution in [2.24, 2.45) is 10.9 Å². The van der Waals surface area contributed by atoms with Crippen molar-refractivity contribution in [3.8, 4) is 0 Å². The summed E-state index contributed by atoms with van der Waals surface area (Å²) in [7, 11) is 3.51. The maximum atomic E-state index is 12.7. The molecule has 32 heavy (non-hydrogen) atoms. The average molecular weight is 450 g/mol. The van der Waals surface area contributed by atoms with Crippen LogP contribution >= 0.6 is 0 Å². The number of nitrogens with zero attached hydrogens (tertiary/aromatic N) is 3. The summed E-state index contributed by atoms with van der Waals surface area (Å²) in [4.78, 5) is 33.0. The van der Waals surface area contributed by atoms with E-state index in [1.165, 1.54) is 32.1 Å². The minimum atomic E-state index is -0.479. The number of hydrogen-bond acceptors (Lipinski definition) is 4. The maximum Gasteiger partial charge on any atom is 0.410 e. The summed E-state index contributed by atoms with van der Waals surface area (Å²) >= 11 is 0. The molecule has 0 aromatic heterocycles. The number of piperidine rings is 1. The zero-order valence-corrected chi connectivity index (χ0v) is 20.7. The highest BCUT2D eigenvalue weighted by molar-refractivity contribution is 5.85. The van der Waals surface area contributed by atoms with Crippen molar-refractivity contribution in [1.82, 2.24) is 20.4 Å². The molecule has 8 heteroatoms. The zero-order chi connectivity index (χ0) is 23.3. The standard InChI is InChI=1S/C24H43N5O3/c1-24(2,3)32-23(31)29-19-11-12-20(29)14-18(13-19)27-22(26-16-21(30)28(4)5)25-15-17-9-7-6-8-10-17/h17-20H,6-16H2,1-5H3,(H2,25,26,27). The third kappa shape index (κ3) is 7.01. The molecule has 182 valence electrons. The lowest BCUT2D eigenvalue weighted by Crippen LogP contribution is -2.55. The number of likely N-dealkylation sites (N-methyl/N-ethyl adjacent to an activating group) is 1. The van der Waals surface area contributed by atoms with E-state index >= 15 is 0 Å². The Hall–Kier alpha value is -1.99. The second-order valence-corrected chi connectivity index (χ2v) is 10.9. The second kappa shape index (κ2) is 10.8. The van der Waals surface area contributed by atoms with Crippen molar-refractivity contribution in [2.45, 2.75) is 102 Å². The van der Waals surface area contributed by atoms with Crippen LogP contribution in [0.15, 0.2) is 4.99 Å². The van der Waals surface area contributed by atoms with Gasteiger partial charge in [-0.15, -0.1) is 0 Å². The van der Waals surface area contributed by atoms with Gasteiger partial charge in [0.2, 0.25) is 5.91 Å². The Morgan fingerprint density at radius 1 is 1.03 bits per heavy atom. The molecule has 1 aliphatic carbocycles. The van der Waals surface area contributed by atoms with Crippen molar-refractivity contribution >= 4 is 18.0 Å². The third-order valence-electron chi connectivity index (χ3n) is 6.83. The monoisotopic (exact) mass is 449 g/mol. The summed E-state index contributed by atoms with van der Waals surface area (Å²) in [5.41, 5.74) is -0.479. The van der Waals surface area contributed by atoms with E-state index in [1.54, 1.807) is 19.0 Å². The fourth-order valence-electron chi connectivity index (χ4n) is 5.17. The number of aliphatic imine (C=N–C) groups is 1. The first-order chi connectivity index (χ1) is 15.1. The van der Waals surface area contributed by atoms with Gasteiger partial charge < -0.3 is 25.2 Å². The lowest BCUT2D eigenvalue weighted by atomic mass is 9.89. The molecular formula is C24H43N5O3. The summed E-state index contributed by atoms with van der Waals surface area (Å²) in [6, 6.07) is 0.631. The third-order valence-corrected chi connectivity index (χ3v) is 6.83. The molecule has 8 nitrogen and oxygen atoms in total. The fraction of sp³-hybridized carbons (Fsp3) is 0.875. The molecule has 2 unspecified atom stereocenters.